The van der Waals surface area contributed by atoms with Crippen molar-refractivity contribution in [1.82, 2.24) is 4.98 Å². The molecule has 2 aromatic rings. The number of anilines is 1. The second-order valence-corrected chi connectivity index (χ2v) is 6.74. The van der Waals surface area contributed by atoms with Gasteiger partial charge in [-0.3, -0.25) is 9.29 Å². The first-order chi connectivity index (χ1) is 9.16. The lowest BCUT2D eigenvalue weighted by Crippen LogP contribution is -2.33. The van der Waals surface area contributed by atoms with E-state index in [9.17, 15) is 8.42 Å². The Kier molecular flexibility index (Phi) is 4.52. The Morgan fingerprint density at radius 3 is 2.63 bits per heavy atom. The van der Waals surface area contributed by atoms with Gasteiger partial charge in [0, 0.05) is 19.5 Å². The van der Waals surface area contributed by atoms with E-state index in [1.807, 2.05) is 0 Å². The zero-order valence-electron chi connectivity index (χ0n) is 10.4. The molecule has 7 heteroatoms. The van der Waals surface area contributed by atoms with Crippen molar-refractivity contribution in [2.75, 3.05) is 24.6 Å². The first-order valence-corrected chi connectivity index (χ1v) is 7.93. The van der Waals surface area contributed by atoms with Crippen LogP contribution >= 0.6 is 11.3 Å². The van der Waals surface area contributed by atoms with E-state index in [-0.39, 0.29) is 6.54 Å². The van der Waals surface area contributed by atoms with Crippen molar-refractivity contribution in [3.05, 3.63) is 42.0 Å². The van der Waals surface area contributed by atoms with Crippen LogP contribution < -0.4 is 4.31 Å². The lowest BCUT2D eigenvalue weighted by atomic mass is 10.4. The van der Waals surface area contributed by atoms with Crippen LogP contribution in [0.5, 0.6) is 0 Å². The third-order valence-corrected chi connectivity index (χ3v) is 5.69. The van der Waals surface area contributed by atoms with Crippen LogP contribution in [0.1, 0.15) is 0 Å². The predicted molar refractivity (Wildman–Crippen MR) is 75.0 cm³/mol. The van der Waals surface area contributed by atoms with Gasteiger partial charge in [-0.05, 0) is 23.6 Å². The average molecular weight is 298 g/mol. The molecule has 0 radical (unpaired) electrons. The van der Waals surface area contributed by atoms with Gasteiger partial charge in [-0.1, -0.05) is 6.07 Å². The fourth-order valence-electron chi connectivity index (χ4n) is 1.59. The maximum Gasteiger partial charge on any atom is 0.273 e. The minimum absolute atomic E-state index is 0.265. The number of methoxy groups -OCH3 is 1. The van der Waals surface area contributed by atoms with E-state index in [0.29, 0.717) is 16.5 Å². The minimum Gasteiger partial charge on any atom is -0.383 e. The highest BCUT2D eigenvalue weighted by Crippen LogP contribution is 2.25. The van der Waals surface area contributed by atoms with Gasteiger partial charge >= 0.3 is 0 Å². The Morgan fingerprint density at radius 1 is 1.32 bits per heavy atom. The maximum atomic E-state index is 12.6. The monoisotopic (exact) mass is 298 g/mol. The van der Waals surface area contributed by atoms with Crippen molar-refractivity contribution >= 4 is 27.0 Å². The maximum absolute atomic E-state index is 12.6. The molecule has 0 saturated carbocycles. The summed E-state index contributed by atoms with van der Waals surface area (Å²) in [6.07, 6.45) is 3.14. The zero-order valence-corrected chi connectivity index (χ0v) is 12.0. The molecule has 0 aliphatic heterocycles. The summed E-state index contributed by atoms with van der Waals surface area (Å²) in [6, 6.07) is 6.65. The average Bonchev–Trinajstić information content (AvgIpc) is 2.95. The summed E-state index contributed by atoms with van der Waals surface area (Å²) in [5, 5.41) is 1.74. The van der Waals surface area contributed by atoms with E-state index < -0.39 is 10.0 Å². The third-order valence-electron chi connectivity index (χ3n) is 2.49. The van der Waals surface area contributed by atoms with E-state index in [4.69, 9.17) is 4.74 Å². The van der Waals surface area contributed by atoms with E-state index in [1.54, 1.807) is 49.1 Å². The highest BCUT2D eigenvalue weighted by atomic mass is 32.2. The first kappa shape index (κ1) is 14.0. The molecule has 2 heterocycles. The number of rotatable bonds is 6. The van der Waals surface area contributed by atoms with Crippen LogP contribution in [0.2, 0.25) is 0 Å². The van der Waals surface area contributed by atoms with Gasteiger partial charge in [-0.15, -0.1) is 11.3 Å². The third kappa shape index (κ3) is 3.12. The molecule has 0 aliphatic carbocycles. The first-order valence-electron chi connectivity index (χ1n) is 5.61. The van der Waals surface area contributed by atoms with Crippen LogP contribution in [0, 0.1) is 0 Å². The molecule has 0 unspecified atom stereocenters. The summed E-state index contributed by atoms with van der Waals surface area (Å²) in [5.41, 5.74) is 0.584. The van der Waals surface area contributed by atoms with Crippen LogP contribution in [0.4, 0.5) is 5.69 Å². The van der Waals surface area contributed by atoms with Gasteiger partial charge in [0.05, 0.1) is 18.8 Å². The van der Waals surface area contributed by atoms with E-state index in [2.05, 4.69) is 4.98 Å². The number of hydrogen-bond acceptors (Lipinski definition) is 5. The van der Waals surface area contributed by atoms with Gasteiger partial charge in [0.15, 0.2) is 0 Å². The van der Waals surface area contributed by atoms with Crippen molar-refractivity contribution in [1.29, 1.82) is 0 Å². The quantitative estimate of drug-likeness (QED) is 0.818. The summed E-state index contributed by atoms with van der Waals surface area (Å²) in [4.78, 5) is 3.90. The second-order valence-electron chi connectivity index (χ2n) is 3.71. The van der Waals surface area contributed by atoms with E-state index >= 15 is 0 Å². The molecule has 19 heavy (non-hydrogen) atoms. The molecule has 102 valence electrons. The minimum atomic E-state index is -3.54. The molecule has 2 rings (SSSR count). The molecule has 0 saturated heterocycles. The summed E-state index contributed by atoms with van der Waals surface area (Å²) in [7, 11) is -1.99. The van der Waals surface area contributed by atoms with Crippen LogP contribution in [0.3, 0.4) is 0 Å². The number of thiophene rings is 1. The van der Waals surface area contributed by atoms with Crippen LogP contribution in [-0.2, 0) is 14.8 Å². The lowest BCUT2D eigenvalue weighted by molar-refractivity contribution is 0.208. The molecule has 0 spiro atoms. The Morgan fingerprint density at radius 2 is 2.05 bits per heavy atom. The van der Waals surface area contributed by atoms with Gasteiger partial charge in [0.25, 0.3) is 10.0 Å². The number of aromatic nitrogens is 1. The number of pyridine rings is 1. The molecule has 0 fully saturated rings. The summed E-state index contributed by atoms with van der Waals surface area (Å²) >= 11 is 1.20. The van der Waals surface area contributed by atoms with Crippen molar-refractivity contribution in [3.8, 4) is 0 Å². The fourth-order valence-corrected chi connectivity index (χ4v) is 4.14. The fraction of sp³-hybridized carbons (Fsp3) is 0.250. The molecule has 0 aromatic carbocycles. The van der Waals surface area contributed by atoms with Gasteiger partial charge < -0.3 is 4.74 Å². The molecule has 0 N–H and O–H groups in total. The normalized spacial score (nSPS) is 11.4. The lowest BCUT2D eigenvalue weighted by Gasteiger charge is -2.23. The Bertz CT molecular complexity index is 597. The van der Waals surface area contributed by atoms with Crippen molar-refractivity contribution in [2.24, 2.45) is 0 Å². The van der Waals surface area contributed by atoms with Crippen LogP contribution in [-0.4, -0.2) is 33.7 Å². The number of hydrogen-bond donors (Lipinski definition) is 0. The smallest absolute Gasteiger partial charge is 0.273 e. The van der Waals surface area contributed by atoms with E-state index in [1.165, 1.54) is 15.6 Å². The molecule has 0 aliphatic rings. The highest BCUT2D eigenvalue weighted by Gasteiger charge is 2.25. The summed E-state index contributed by atoms with van der Waals surface area (Å²) in [6.45, 7) is 0.591. The topological polar surface area (TPSA) is 59.5 Å². The number of ether oxygens (including phenoxy) is 1. The summed E-state index contributed by atoms with van der Waals surface area (Å²) < 4.78 is 31.8. The molecular weight excluding hydrogens is 284 g/mol. The molecule has 2 aromatic heterocycles. The molecular formula is C12H14N2O3S2. The van der Waals surface area contributed by atoms with E-state index in [0.717, 1.165) is 0 Å². The van der Waals surface area contributed by atoms with Crippen LogP contribution in [0.15, 0.2) is 46.2 Å². The van der Waals surface area contributed by atoms with Gasteiger partial charge in [0.2, 0.25) is 0 Å². The van der Waals surface area contributed by atoms with Gasteiger partial charge in [-0.2, -0.15) is 0 Å². The SMILES string of the molecule is COCCN(c1ccncc1)S(=O)(=O)c1cccs1. The molecule has 5 nitrogen and oxygen atoms in total. The van der Waals surface area contributed by atoms with Crippen molar-refractivity contribution < 1.29 is 13.2 Å². The second kappa shape index (κ2) is 6.14. The molecule has 0 atom stereocenters. The van der Waals surface area contributed by atoms with Gasteiger partial charge in [-0.25, -0.2) is 8.42 Å². The Balaban J connectivity index is 2.38. The Labute approximate surface area is 116 Å². The predicted octanol–water partition coefficient (Wildman–Crippen LogP) is 1.98. The summed E-state index contributed by atoms with van der Waals surface area (Å²) in [5.74, 6) is 0. The zero-order chi connectivity index (χ0) is 13.7. The Hall–Kier alpha value is -1.44. The van der Waals surface area contributed by atoms with Crippen molar-refractivity contribution in [3.63, 3.8) is 0 Å². The highest BCUT2D eigenvalue weighted by molar-refractivity contribution is 7.94. The van der Waals surface area contributed by atoms with Crippen molar-refractivity contribution in [2.45, 2.75) is 4.21 Å². The number of nitrogens with zero attached hydrogens (tertiary/aromatic N) is 2. The standard InChI is InChI=1S/C12H14N2O3S2/c1-17-9-8-14(11-4-6-13-7-5-11)19(15,16)12-3-2-10-18-12/h2-7,10H,8-9H2,1H3. The molecule has 0 amide bonds. The van der Waals surface area contributed by atoms with Gasteiger partial charge in [0.1, 0.15) is 4.21 Å². The van der Waals surface area contributed by atoms with Crippen LogP contribution in [0.25, 0.3) is 0 Å². The number of sulfonamides is 1. The molecule has 0 bridgehead atoms. The largest absolute Gasteiger partial charge is 0.383 e.